The van der Waals surface area contributed by atoms with Crippen molar-refractivity contribution in [1.82, 2.24) is 0 Å². The minimum Gasteiger partial charge on any atom is -0.493 e. The van der Waals surface area contributed by atoms with Crippen molar-refractivity contribution < 1.29 is 28.5 Å². The summed E-state index contributed by atoms with van der Waals surface area (Å²) in [5.41, 5.74) is 2.23. The largest absolute Gasteiger partial charge is 0.493 e. The Kier molecular flexibility index (Phi) is 4.81. The number of fused-ring (bicyclic) bond motifs is 2. The quantitative estimate of drug-likeness (QED) is 0.756. The zero-order valence-corrected chi connectivity index (χ0v) is 15.8. The summed E-state index contributed by atoms with van der Waals surface area (Å²) in [7, 11) is 1.49. The minimum absolute atomic E-state index is 0.238. The Morgan fingerprint density at radius 1 is 1.14 bits per heavy atom. The Hall–Kier alpha value is -3.22. The molecule has 2 aromatic rings. The smallest absolute Gasteiger partial charge is 0.339 e. The molecule has 0 aliphatic carbocycles. The van der Waals surface area contributed by atoms with Crippen molar-refractivity contribution in [3.63, 3.8) is 0 Å². The summed E-state index contributed by atoms with van der Waals surface area (Å²) in [6.45, 7) is 2.96. The van der Waals surface area contributed by atoms with E-state index in [1.54, 1.807) is 17.9 Å². The van der Waals surface area contributed by atoms with E-state index in [1.165, 1.54) is 13.2 Å². The lowest BCUT2D eigenvalue weighted by Crippen LogP contribution is -2.39. The predicted octanol–water partition coefficient (Wildman–Crippen LogP) is 2.60. The number of methoxy groups -OCH3 is 1. The summed E-state index contributed by atoms with van der Waals surface area (Å²) < 4.78 is 21.8. The lowest BCUT2D eigenvalue weighted by Gasteiger charge is -2.23. The van der Waals surface area contributed by atoms with Gasteiger partial charge in [0.05, 0.1) is 12.7 Å². The number of esters is 1. The number of benzene rings is 2. The van der Waals surface area contributed by atoms with Crippen LogP contribution in [0.4, 0.5) is 5.69 Å². The average molecular weight is 383 g/mol. The van der Waals surface area contributed by atoms with Crippen molar-refractivity contribution in [2.45, 2.75) is 19.4 Å². The molecule has 146 valence electrons. The number of hydrogen-bond acceptors (Lipinski definition) is 6. The second kappa shape index (κ2) is 7.42. The maximum atomic E-state index is 12.8. The highest BCUT2D eigenvalue weighted by Gasteiger charge is 2.30. The van der Waals surface area contributed by atoms with E-state index in [0.717, 1.165) is 17.7 Å². The summed E-state index contributed by atoms with van der Waals surface area (Å²) >= 11 is 0. The van der Waals surface area contributed by atoms with Gasteiger partial charge in [-0.05, 0) is 37.1 Å². The zero-order valence-electron chi connectivity index (χ0n) is 15.8. The highest BCUT2D eigenvalue weighted by atomic mass is 16.6. The number of para-hydroxylation sites is 1. The van der Waals surface area contributed by atoms with Crippen LogP contribution in [0, 0.1) is 0 Å². The lowest BCUT2D eigenvalue weighted by molar-refractivity contribution is -0.126. The van der Waals surface area contributed by atoms with Crippen LogP contribution in [0.2, 0.25) is 0 Å². The van der Waals surface area contributed by atoms with Gasteiger partial charge in [0.25, 0.3) is 5.91 Å². The molecule has 2 aromatic carbocycles. The van der Waals surface area contributed by atoms with E-state index in [4.69, 9.17) is 18.9 Å². The van der Waals surface area contributed by atoms with Crippen LogP contribution in [0.25, 0.3) is 0 Å². The Labute approximate surface area is 162 Å². The normalized spacial score (nSPS) is 15.6. The fourth-order valence-electron chi connectivity index (χ4n) is 3.46. The van der Waals surface area contributed by atoms with E-state index in [-0.39, 0.29) is 11.5 Å². The van der Waals surface area contributed by atoms with E-state index in [2.05, 4.69) is 0 Å². The molecular formula is C21H21NO6. The highest BCUT2D eigenvalue weighted by Crippen LogP contribution is 2.40. The van der Waals surface area contributed by atoms with Gasteiger partial charge < -0.3 is 23.8 Å². The molecule has 0 saturated heterocycles. The molecule has 0 spiro atoms. The maximum absolute atomic E-state index is 12.8. The van der Waals surface area contributed by atoms with Gasteiger partial charge in [0.15, 0.2) is 17.6 Å². The highest BCUT2D eigenvalue weighted by molar-refractivity contribution is 6.00. The fourth-order valence-corrected chi connectivity index (χ4v) is 3.46. The maximum Gasteiger partial charge on any atom is 0.339 e. The van der Waals surface area contributed by atoms with Gasteiger partial charge in [-0.15, -0.1) is 0 Å². The number of carbonyl (C=O) groups is 2. The predicted molar refractivity (Wildman–Crippen MR) is 101 cm³/mol. The summed E-state index contributed by atoms with van der Waals surface area (Å²) in [6.07, 6.45) is -0.125. The standard InChI is InChI=1S/C21H21NO6/c1-13(20(23)22-8-7-14-5-3-4-6-16(14)22)28-21(24)15-11-17(25-2)19-18(12-15)26-9-10-27-19/h3-6,11-13H,7-10H2,1-2H3/t13-/m0/s1. The molecule has 0 fully saturated rings. The molecule has 1 atom stereocenters. The van der Waals surface area contributed by atoms with Crippen molar-refractivity contribution in [2.75, 3.05) is 31.8 Å². The van der Waals surface area contributed by atoms with Crippen LogP contribution in [0.1, 0.15) is 22.8 Å². The first-order valence-corrected chi connectivity index (χ1v) is 9.16. The molecule has 7 nitrogen and oxygen atoms in total. The van der Waals surface area contributed by atoms with Crippen LogP contribution >= 0.6 is 0 Å². The number of nitrogens with zero attached hydrogens (tertiary/aromatic N) is 1. The Balaban J connectivity index is 1.50. The SMILES string of the molecule is COc1cc(C(=O)O[C@@H](C)C(=O)N2CCc3ccccc32)cc2c1OCCO2. The molecule has 28 heavy (non-hydrogen) atoms. The van der Waals surface area contributed by atoms with Crippen LogP contribution < -0.4 is 19.1 Å². The summed E-state index contributed by atoms with van der Waals surface area (Å²) in [5, 5.41) is 0. The second-order valence-corrected chi connectivity index (χ2v) is 6.62. The van der Waals surface area contributed by atoms with Crippen LogP contribution in [0.3, 0.4) is 0 Å². The third kappa shape index (κ3) is 3.24. The van der Waals surface area contributed by atoms with Gasteiger partial charge in [-0.3, -0.25) is 4.79 Å². The molecule has 4 rings (SSSR count). The molecule has 0 radical (unpaired) electrons. The number of hydrogen-bond donors (Lipinski definition) is 0. The average Bonchev–Trinajstić information content (AvgIpc) is 3.16. The molecule has 0 aromatic heterocycles. The number of anilines is 1. The van der Waals surface area contributed by atoms with Gasteiger partial charge in [-0.1, -0.05) is 18.2 Å². The molecular weight excluding hydrogens is 362 g/mol. The second-order valence-electron chi connectivity index (χ2n) is 6.62. The summed E-state index contributed by atoms with van der Waals surface area (Å²) in [4.78, 5) is 27.1. The fraction of sp³-hybridized carbons (Fsp3) is 0.333. The molecule has 0 bridgehead atoms. The molecule has 7 heteroatoms. The Morgan fingerprint density at radius 3 is 2.75 bits per heavy atom. The van der Waals surface area contributed by atoms with Gasteiger partial charge in [0.2, 0.25) is 5.75 Å². The lowest BCUT2D eigenvalue weighted by atomic mass is 10.1. The van der Waals surface area contributed by atoms with Crippen molar-refractivity contribution in [2.24, 2.45) is 0 Å². The Morgan fingerprint density at radius 2 is 1.93 bits per heavy atom. The zero-order chi connectivity index (χ0) is 19.7. The van der Waals surface area contributed by atoms with Crippen LogP contribution in [-0.2, 0) is 16.0 Å². The first-order chi connectivity index (χ1) is 13.6. The van der Waals surface area contributed by atoms with E-state index in [9.17, 15) is 9.59 Å². The van der Waals surface area contributed by atoms with Gasteiger partial charge in [0, 0.05) is 12.2 Å². The van der Waals surface area contributed by atoms with Crippen LogP contribution in [-0.4, -0.2) is 44.8 Å². The third-order valence-corrected chi connectivity index (χ3v) is 4.85. The van der Waals surface area contributed by atoms with Gasteiger partial charge in [-0.2, -0.15) is 0 Å². The molecule has 0 N–H and O–H groups in total. The van der Waals surface area contributed by atoms with Gasteiger partial charge >= 0.3 is 5.97 Å². The van der Waals surface area contributed by atoms with Crippen molar-refractivity contribution in [3.05, 3.63) is 47.5 Å². The molecule has 2 heterocycles. The van der Waals surface area contributed by atoms with Crippen LogP contribution in [0.5, 0.6) is 17.2 Å². The molecule has 2 aliphatic heterocycles. The topological polar surface area (TPSA) is 74.3 Å². The molecule has 0 unspecified atom stereocenters. The first-order valence-electron chi connectivity index (χ1n) is 9.16. The van der Waals surface area contributed by atoms with Gasteiger partial charge in [0.1, 0.15) is 13.2 Å². The van der Waals surface area contributed by atoms with Gasteiger partial charge in [-0.25, -0.2) is 4.79 Å². The van der Waals surface area contributed by atoms with Crippen LogP contribution in [0.15, 0.2) is 36.4 Å². The number of amides is 1. The molecule has 1 amide bonds. The monoisotopic (exact) mass is 383 g/mol. The number of carbonyl (C=O) groups excluding carboxylic acids is 2. The molecule has 0 saturated carbocycles. The molecule has 2 aliphatic rings. The first kappa shape index (κ1) is 18.2. The summed E-state index contributed by atoms with van der Waals surface area (Å²) in [6, 6.07) is 10.8. The van der Waals surface area contributed by atoms with E-state index in [0.29, 0.717) is 37.0 Å². The number of ether oxygens (including phenoxy) is 4. The van der Waals surface area contributed by atoms with E-state index in [1.807, 2.05) is 24.3 Å². The van der Waals surface area contributed by atoms with Crippen molar-refractivity contribution >= 4 is 17.6 Å². The van der Waals surface area contributed by atoms with E-state index >= 15 is 0 Å². The van der Waals surface area contributed by atoms with E-state index < -0.39 is 12.1 Å². The summed E-state index contributed by atoms with van der Waals surface area (Å²) in [5.74, 6) is 0.399. The minimum atomic E-state index is -0.919. The number of rotatable bonds is 4. The van der Waals surface area contributed by atoms with Crippen molar-refractivity contribution in [1.29, 1.82) is 0 Å². The third-order valence-electron chi connectivity index (χ3n) is 4.85. The van der Waals surface area contributed by atoms with Crippen molar-refractivity contribution in [3.8, 4) is 17.2 Å². The Bertz CT molecular complexity index is 908.